The summed E-state index contributed by atoms with van der Waals surface area (Å²) >= 11 is 0. The van der Waals surface area contributed by atoms with Crippen LogP contribution in [0.4, 0.5) is 4.39 Å². The molecular weight excluding hydrogens is 237 g/mol. The smallest absolute Gasteiger partial charge is 0.128 e. The molecule has 0 aromatic heterocycles. The van der Waals surface area contributed by atoms with Crippen molar-refractivity contribution in [1.82, 2.24) is 5.48 Å². The van der Waals surface area contributed by atoms with Crippen LogP contribution in [-0.4, -0.2) is 33.0 Å². The van der Waals surface area contributed by atoms with Crippen LogP contribution in [0.1, 0.15) is 5.56 Å². The molecule has 2 aliphatic heterocycles. The predicted octanol–water partition coefficient (Wildman–Crippen LogP) is 1.22. The van der Waals surface area contributed by atoms with Crippen molar-refractivity contribution in [3.8, 4) is 0 Å². The van der Waals surface area contributed by atoms with Crippen LogP contribution in [-0.2, 0) is 19.9 Å². The minimum atomic E-state index is -0.589. The van der Waals surface area contributed by atoms with Crippen LogP contribution in [0, 0.1) is 11.7 Å². The summed E-state index contributed by atoms with van der Waals surface area (Å²) in [6.07, 6.45) is -0.0652. The molecule has 1 N–H and O–H groups in total. The SMILES string of the molecule is COC[C@H]1OC[C@]2(c3ccccc3F)NOC[C@H]12. The molecule has 0 unspecified atom stereocenters. The molecule has 0 aliphatic carbocycles. The Bertz CT molecular complexity index is 442. The fraction of sp³-hybridized carbons (Fsp3) is 0.538. The van der Waals surface area contributed by atoms with E-state index in [2.05, 4.69) is 5.48 Å². The van der Waals surface area contributed by atoms with Gasteiger partial charge in [0.05, 0.1) is 25.9 Å². The van der Waals surface area contributed by atoms with E-state index >= 15 is 0 Å². The normalized spacial score (nSPS) is 34.8. The first-order valence-corrected chi connectivity index (χ1v) is 6.02. The highest BCUT2D eigenvalue weighted by Gasteiger charge is 2.55. The van der Waals surface area contributed by atoms with E-state index in [1.807, 2.05) is 6.07 Å². The first kappa shape index (κ1) is 12.0. The molecule has 0 saturated carbocycles. The van der Waals surface area contributed by atoms with Crippen LogP contribution in [0.2, 0.25) is 0 Å². The van der Waals surface area contributed by atoms with Crippen molar-refractivity contribution < 1.29 is 18.7 Å². The molecule has 1 aromatic rings. The van der Waals surface area contributed by atoms with Gasteiger partial charge in [0.2, 0.25) is 0 Å². The quantitative estimate of drug-likeness (QED) is 0.879. The maximum Gasteiger partial charge on any atom is 0.128 e. The first-order chi connectivity index (χ1) is 8.78. The van der Waals surface area contributed by atoms with Gasteiger partial charge in [-0.3, -0.25) is 0 Å². The van der Waals surface area contributed by atoms with E-state index in [1.54, 1.807) is 19.2 Å². The van der Waals surface area contributed by atoms with E-state index in [4.69, 9.17) is 14.3 Å². The predicted molar refractivity (Wildman–Crippen MR) is 62.3 cm³/mol. The fourth-order valence-electron chi connectivity index (χ4n) is 2.88. The molecule has 5 heteroatoms. The summed E-state index contributed by atoms with van der Waals surface area (Å²) in [6, 6.07) is 6.75. The number of benzene rings is 1. The fourth-order valence-corrected chi connectivity index (χ4v) is 2.88. The van der Waals surface area contributed by atoms with E-state index in [-0.39, 0.29) is 17.8 Å². The molecule has 18 heavy (non-hydrogen) atoms. The average molecular weight is 253 g/mol. The van der Waals surface area contributed by atoms with Crippen molar-refractivity contribution in [3.63, 3.8) is 0 Å². The minimum Gasteiger partial charge on any atom is -0.382 e. The average Bonchev–Trinajstić information content (AvgIpc) is 2.92. The molecular formula is C13H16FNO3. The van der Waals surface area contributed by atoms with E-state index in [0.29, 0.717) is 25.4 Å². The lowest BCUT2D eigenvalue weighted by Gasteiger charge is -2.27. The largest absolute Gasteiger partial charge is 0.382 e. The van der Waals surface area contributed by atoms with Crippen molar-refractivity contribution in [3.05, 3.63) is 35.6 Å². The Hall–Kier alpha value is -1.01. The summed E-state index contributed by atoms with van der Waals surface area (Å²) in [7, 11) is 1.63. The lowest BCUT2D eigenvalue weighted by Crippen LogP contribution is -2.43. The molecule has 2 aliphatic rings. The Kier molecular flexibility index (Phi) is 3.07. The molecule has 98 valence electrons. The highest BCUT2D eigenvalue weighted by atomic mass is 19.1. The van der Waals surface area contributed by atoms with Crippen LogP contribution >= 0.6 is 0 Å². The second kappa shape index (κ2) is 4.59. The second-order valence-corrected chi connectivity index (χ2v) is 4.78. The van der Waals surface area contributed by atoms with E-state index in [1.165, 1.54) is 6.07 Å². The molecule has 2 heterocycles. The third-order valence-corrected chi connectivity index (χ3v) is 3.81. The van der Waals surface area contributed by atoms with E-state index in [0.717, 1.165) is 0 Å². The van der Waals surface area contributed by atoms with Crippen LogP contribution in [0.25, 0.3) is 0 Å². The third kappa shape index (κ3) is 1.66. The van der Waals surface area contributed by atoms with Crippen LogP contribution in [0.3, 0.4) is 0 Å². The van der Waals surface area contributed by atoms with Crippen molar-refractivity contribution in [2.45, 2.75) is 11.6 Å². The third-order valence-electron chi connectivity index (χ3n) is 3.81. The van der Waals surface area contributed by atoms with Gasteiger partial charge in [-0.25, -0.2) is 4.39 Å². The molecule has 2 saturated heterocycles. The van der Waals surface area contributed by atoms with Gasteiger partial charge in [0.15, 0.2) is 0 Å². The zero-order chi connectivity index (χ0) is 12.6. The monoisotopic (exact) mass is 253 g/mol. The molecule has 1 aromatic carbocycles. The molecule has 0 amide bonds. The number of hydrogen-bond acceptors (Lipinski definition) is 4. The maximum absolute atomic E-state index is 14.0. The molecule has 0 radical (unpaired) electrons. The van der Waals surface area contributed by atoms with Crippen molar-refractivity contribution in [2.75, 3.05) is 26.9 Å². The Morgan fingerprint density at radius 3 is 3.11 bits per heavy atom. The van der Waals surface area contributed by atoms with E-state index < -0.39 is 5.54 Å². The van der Waals surface area contributed by atoms with Gasteiger partial charge in [-0.2, -0.15) is 5.48 Å². The number of rotatable bonds is 3. The number of hydroxylamine groups is 1. The zero-order valence-electron chi connectivity index (χ0n) is 10.2. The van der Waals surface area contributed by atoms with Gasteiger partial charge in [0.1, 0.15) is 11.4 Å². The van der Waals surface area contributed by atoms with Gasteiger partial charge < -0.3 is 14.3 Å². The van der Waals surface area contributed by atoms with Gasteiger partial charge in [0.25, 0.3) is 0 Å². The number of halogens is 1. The summed E-state index contributed by atoms with van der Waals surface area (Å²) in [5, 5.41) is 0. The van der Waals surface area contributed by atoms with Gasteiger partial charge in [-0.1, -0.05) is 18.2 Å². The highest BCUT2D eigenvalue weighted by molar-refractivity contribution is 5.30. The van der Waals surface area contributed by atoms with Crippen LogP contribution in [0.15, 0.2) is 24.3 Å². The lowest BCUT2D eigenvalue weighted by molar-refractivity contribution is -0.0207. The Balaban J connectivity index is 1.97. The van der Waals surface area contributed by atoms with Crippen molar-refractivity contribution in [2.24, 2.45) is 5.92 Å². The maximum atomic E-state index is 14.0. The summed E-state index contributed by atoms with van der Waals surface area (Å²) < 4.78 is 24.9. The number of hydrogen-bond donors (Lipinski definition) is 1. The summed E-state index contributed by atoms with van der Waals surface area (Å²) in [5.41, 5.74) is 2.97. The van der Waals surface area contributed by atoms with Crippen LogP contribution in [0.5, 0.6) is 0 Å². The zero-order valence-corrected chi connectivity index (χ0v) is 10.2. The summed E-state index contributed by atoms with van der Waals surface area (Å²) in [4.78, 5) is 5.35. The Labute approximate surface area is 105 Å². The Morgan fingerprint density at radius 2 is 2.33 bits per heavy atom. The topological polar surface area (TPSA) is 39.7 Å². The van der Waals surface area contributed by atoms with Gasteiger partial charge in [0, 0.05) is 18.6 Å². The van der Waals surface area contributed by atoms with Gasteiger partial charge in [-0.05, 0) is 6.07 Å². The number of nitrogens with one attached hydrogen (secondary N) is 1. The highest BCUT2D eigenvalue weighted by Crippen LogP contribution is 2.43. The molecule has 2 fully saturated rings. The minimum absolute atomic E-state index is 0.0642. The van der Waals surface area contributed by atoms with Gasteiger partial charge >= 0.3 is 0 Å². The van der Waals surface area contributed by atoms with Gasteiger partial charge in [-0.15, -0.1) is 0 Å². The molecule has 3 rings (SSSR count). The van der Waals surface area contributed by atoms with Crippen molar-refractivity contribution in [1.29, 1.82) is 0 Å². The number of ether oxygens (including phenoxy) is 2. The second-order valence-electron chi connectivity index (χ2n) is 4.78. The molecule has 3 atom stereocenters. The molecule has 0 bridgehead atoms. The van der Waals surface area contributed by atoms with Crippen LogP contribution < -0.4 is 5.48 Å². The summed E-state index contributed by atoms with van der Waals surface area (Å²) in [6.45, 7) is 1.39. The van der Waals surface area contributed by atoms with E-state index in [9.17, 15) is 4.39 Å². The lowest BCUT2D eigenvalue weighted by atomic mass is 9.79. The Morgan fingerprint density at radius 1 is 1.50 bits per heavy atom. The number of fused-ring (bicyclic) bond motifs is 1. The molecule has 4 nitrogen and oxygen atoms in total. The summed E-state index contributed by atoms with van der Waals surface area (Å²) in [5.74, 6) is -0.170. The number of methoxy groups -OCH3 is 1. The first-order valence-electron chi connectivity index (χ1n) is 6.02. The molecule has 0 spiro atoms. The van der Waals surface area contributed by atoms with Crippen molar-refractivity contribution >= 4 is 0 Å². The standard InChI is InChI=1S/C13H16FNO3/c1-16-7-12-10-6-18-15-13(10,8-17-12)9-4-2-3-5-11(9)14/h2-5,10,12,15H,6-8H2,1H3/t10-,12-,13-/m1/s1.